The molecule has 0 fully saturated rings. The largest absolute Gasteiger partial charge is 0.347 e. The zero-order valence-corrected chi connectivity index (χ0v) is 14.3. The molecule has 108 valence electrons. The Labute approximate surface area is 133 Å². The van der Waals surface area contributed by atoms with Gasteiger partial charge in [-0.05, 0) is 24.6 Å². The lowest BCUT2D eigenvalue weighted by molar-refractivity contribution is 0.666. The third-order valence-corrected chi connectivity index (χ3v) is 4.74. The van der Waals surface area contributed by atoms with Gasteiger partial charge in [0.15, 0.2) is 5.13 Å². The highest BCUT2D eigenvalue weighted by atomic mass is 79.9. The summed E-state index contributed by atoms with van der Waals surface area (Å²) < 4.78 is 1.15. The maximum Gasteiger partial charge on any atom is 0.185 e. The Bertz CT molecular complexity index is 541. The molecule has 2 rings (SSSR count). The van der Waals surface area contributed by atoms with Crippen molar-refractivity contribution in [3.8, 4) is 0 Å². The number of thiazole rings is 1. The number of aromatic nitrogens is 1. The Balaban J connectivity index is 1.96. The van der Waals surface area contributed by atoms with Gasteiger partial charge in [0.2, 0.25) is 0 Å². The van der Waals surface area contributed by atoms with Gasteiger partial charge in [0, 0.05) is 30.0 Å². The number of rotatable bonds is 7. The highest BCUT2D eigenvalue weighted by Crippen LogP contribution is 2.23. The highest BCUT2D eigenvalue weighted by Gasteiger charge is 2.09. The molecule has 0 aliphatic rings. The first kappa shape index (κ1) is 15.5. The second-order valence-corrected chi connectivity index (χ2v) is 6.44. The van der Waals surface area contributed by atoms with Crippen molar-refractivity contribution in [2.45, 2.75) is 26.4 Å². The molecule has 0 amide bonds. The molecule has 0 saturated carbocycles. The van der Waals surface area contributed by atoms with Crippen LogP contribution >= 0.6 is 27.3 Å². The number of benzene rings is 1. The number of hydrogen-bond donors (Lipinski definition) is 1. The van der Waals surface area contributed by atoms with Gasteiger partial charge < -0.3 is 10.2 Å². The molecular weight excluding hydrogens is 334 g/mol. The van der Waals surface area contributed by atoms with Crippen molar-refractivity contribution >= 4 is 32.4 Å². The van der Waals surface area contributed by atoms with Gasteiger partial charge in [-0.15, -0.1) is 11.3 Å². The zero-order valence-electron chi connectivity index (χ0n) is 11.9. The predicted molar refractivity (Wildman–Crippen MR) is 90.4 cm³/mol. The molecule has 1 N–H and O–H groups in total. The molecule has 0 atom stereocenters. The van der Waals surface area contributed by atoms with Crippen LogP contribution in [-0.4, -0.2) is 18.6 Å². The van der Waals surface area contributed by atoms with E-state index in [-0.39, 0.29) is 0 Å². The monoisotopic (exact) mass is 353 g/mol. The van der Waals surface area contributed by atoms with E-state index in [2.05, 4.69) is 68.7 Å². The van der Waals surface area contributed by atoms with Gasteiger partial charge in [-0.3, -0.25) is 0 Å². The second kappa shape index (κ2) is 7.76. The molecule has 0 aliphatic carbocycles. The Hall–Kier alpha value is -0.910. The Morgan fingerprint density at radius 3 is 2.90 bits per heavy atom. The van der Waals surface area contributed by atoms with Crippen LogP contribution in [0, 0.1) is 0 Å². The Morgan fingerprint density at radius 1 is 1.35 bits per heavy atom. The third-order valence-electron chi connectivity index (χ3n) is 2.96. The lowest BCUT2D eigenvalue weighted by Crippen LogP contribution is -2.17. The average Bonchev–Trinajstić information content (AvgIpc) is 2.91. The molecule has 1 aromatic carbocycles. The molecule has 1 heterocycles. The van der Waals surface area contributed by atoms with Crippen LogP contribution in [0.4, 0.5) is 5.13 Å². The summed E-state index contributed by atoms with van der Waals surface area (Å²) in [4.78, 5) is 6.86. The van der Waals surface area contributed by atoms with E-state index >= 15 is 0 Å². The zero-order chi connectivity index (χ0) is 14.4. The lowest BCUT2D eigenvalue weighted by atomic mass is 10.2. The smallest absolute Gasteiger partial charge is 0.185 e. The van der Waals surface area contributed by atoms with E-state index in [9.17, 15) is 0 Å². The summed E-state index contributed by atoms with van der Waals surface area (Å²) in [6, 6.07) is 8.31. The van der Waals surface area contributed by atoms with E-state index in [1.165, 1.54) is 5.56 Å². The molecular formula is C15H20BrN3S. The van der Waals surface area contributed by atoms with Crippen molar-refractivity contribution in [3.05, 3.63) is 45.4 Å². The summed E-state index contributed by atoms with van der Waals surface area (Å²) in [5.41, 5.74) is 2.40. The third kappa shape index (κ3) is 4.30. The number of nitrogens with one attached hydrogen (secondary N) is 1. The first-order valence-electron chi connectivity index (χ1n) is 6.80. The summed E-state index contributed by atoms with van der Waals surface area (Å²) in [7, 11) is 2.08. The standard InChI is InChI=1S/C15H20BrN3S/c1-3-8-17-9-13-11-20-15(18-13)19(2)10-12-6-4-5-7-14(12)16/h4-7,11,17H,3,8-10H2,1-2H3. The minimum atomic E-state index is 0.854. The average molecular weight is 354 g/mol. The molecule has 20 heavy (non-hydrogen) atoms. The topological polar surface area (TPSA) is 28.2 Å². The molecule has 0 bridgehead atoms. The second-order valence-electron chi connectivity index (χ2n) is 4.75. The molecule has 3 nitrogen and oxygen atoms in total. The molecule has 0 saturated heterocycles. The van der Waals surface area contributed by atoms with Crippen molar-refractivity contribution in [1.82, 2.24) is 10.3 Å². The quantitative estimate of drug-likeness (QED) is 0.761. The van der Waals surface area contributed by atoms with Gasteiger partial charge in [0.05, 0.1) is 5.69 Å². The van der Waals surface area contributed by atoms with E-state index in [4.69, 9.17) is 0 Å². The van der Waals surface area contributed by atoms with E-state index in [1.807, 2.05) is 6.07 Å². The van der Waals surface area contributed by atoms with E-state index in [1.54, 1.807) is 11.3 Å². The van der Waals surface area contributed by atoms with Gasteiger partial charge in [0.1, 0.15) is 0 Å². The van der Waals surface area contributed by atoms with Crippen LogP contribution in [-0.2, 0) is 13.1 Å². The van der Waals surface area contributed by atoms with Gasteiger partial charge in [-0.2, -0.15) is 0 Å². The molecule has 2 aromatic rings. The van der Waals surface area contributed by atoms with Crippen LogP contribution in [0.15, 0.2) is 34.1 Å². The predicted octanol–water partition coefficient (Wildman–Crippen LogP) is 4.04. The van der Waals surface area contributed by atoms with Crippen molar-refractivity contribution < 1.29 is 0 Å². The minimum absolute atomic E-state index is 0.854. The maximum atomic E-state index is 4.67. The Morgan fingerprint density at radius 2 is 2.15 bits per heavy atom. The maximum absolute atomic E-state index is 4.67. The Kier molecular flexibility index (Phi) is 6.01. The summed E-state index contributed by atoms with van der Waals surface area (Å²) in [6.07, 6.45) is 1.15. The van der Waals surface area contributed by atoms with Crippen LogP contribution in [0.1, 0.15) is 24.6 Å². The number of nitrogens with zero attached hydrogens (tertiary/aromatic N) is 2. The van der Waals surface area contributed by atoms with Crippen LogP contribution in [0.5, 0.6) is 0 Å². The van der Waals surface area contributed by atoms with Crippen LogP contribution in [0.2, 0.25) is 0 Å². The molecule has 0 unspecified atom stereocenters. The van der Waals surface area contributed by atoms with Crippen LogP contribution in [0.3, 0.4) is 0 Å². The number of hydrogen-bond acceptors (Lipinski definition) is 4. The summed E-state index contributed by atoms with van der Waals surface area (Å²) in [5.74, 6) is 0. The number of anilines is 1. The molecule has 5 heteroatoms. The fraction of sp³-hybridized carbons (Fsp3) is 0.400. The van der Waals surface area contributed by atoms with Gasteiger partial charge >= 0.3 is 0 Å². The summed E-state index contributed by atoms with van der Waals surface area (Å²) in [5, 5.41) is 6.58. The summed E-state index contributed by atoms with van der Waals surface area (Å²) >= 11 is 5.29. The fourth-order valence-electron chi connectivity index (χ4n) is 1.90. The summed E-state index contributed by atoms with van der Waals surface area (Å²) in [6.45, 7) is 4.93. The SMILES string of the molecule is CCCNCc1csc(N(C)Cc2ccccc2Br)n1. The van der Waals surface area contributed by atoms with E-state index in [0.29, 0.717) is 0 Å². The van der Waals surface area contributed by atoms with Crippen molar-refractivity contribution in [1.29, 1.82) is 0 Å². The van der Waals surface area contributed by atoms with E-state index in [0.717, 1.165) is 41.4 Å². The van der Waals surface area contributed by atoms with Crippen molar-refractivity contribution in [2.24, 2.45) is 0 Å². The first-order chi connectivity index (χ1) is 9.70. The molecule has 0 radical (unpaired) electrons. The van der Waals surface area contributed by atoms with Gasteiger partial charge in [-0.1, -0.05) is 41.1 Å². The first-order valence-corrected chi connectivity index (χ1v) is 8.47. The van der Waals surface area contributed by atoms with Crippen molar-refractivity contribution in [2.75, 3.05) is 18.5 Å². The molecule has 0 aliphatic heterocycles. The molecule has 1 aromatic heterocycles. The minimum Gasteiger partial charge on any atom is -0.347 e. The van der Waals surface area contributed by atoms with Crippen LogP contribution < -0.4 is 10.2 Å². The van der Waals surface area contributed by atoms with E-state index < -0.39 is 0 Å². The lowest BCUT2D eigenvalue weighted by Gasteiger charge is -2.16. The highest BCUT2D eigenvalue weighted by molar-refractivity contribution is 9.10. The van der Waals surface area contributed by atoms with Crippen LogP contribution in [0.25, 0.3) is 0 Å². The fourth-order valence-corrected chi connectivity index (χ4v) is 3.10. The number of halogens is 1. The molecule has 0 spiro atoms. The van der Waals surface area contributed by atoms with Gasteiger partial charge in [0.25, 0.3) is 0 Å². The normalized spacial score (nSPS) is 10.8. The van der Waals surface area contributed by atoms with Crippen molar-refractivity contribution in [3.63, 3.8) is 0 Å². The van der Waals surface area contributed by atoms with Gasteiger partial charge in [-0.25, -0.2) is 4.98 Å².